The van der Waals surface area contributed by atoms with Crippen molar-refractivity contribution in [2.24, 2.45) is 0 Å². The molecule has 0 spiro atoms. The van der Waals surface area contributed by atoms with Crippen LogP contribution in [-0.4, -0.2) is 36.5 Å². The number of carbonyl (C=O) groups excluding carboxylic acids is 1. The smallest absolute Gasteiger partial charge is 0.415 e. The van der Waals surface area contributed by atoms with Crippen LogP contribution in [0.4, 0.5) is 14.9 Å². The molecule has 0 aliphatic carbocycles. The van der Waals surface area contributed by atoms with E-state index < -0.39 is 12.4 Å². The lowest BCUT2D eigenvalue weighted by atomic mass is 9.94. The van der Waals surface area contributed by atoms with E-state index in [1.165, 1.54) is 0 Å². The quantitative estimate of drug-likeness (QED) is 0.365. The number of alkyl halides is 1. The minimum absolute atomic E-state index is 0.00971. The monoisotopic (exact) mass is 420 g/mol. The van der Waals surface area contributed by atoms with Gasteiger partial charge in [0.25, 0.3) is 0 Å². The van der Waals surface area contributed by atoms with E-state index in [9.17, 15) is 9.18 Å². The maximum absolute atomic E-state index is 14.7. The maximum atomic E-state index is 14.7. The highest BCUT2D eigenvalue weighted by Crippen LogP contribution is 2.37. The van der Waals surface area contributed by atoms with Crippen LogP contribution in [0.3, 0.4) is 0 Å². The Kier molecular flexibility index (Phi) is 6.30. The van der Waals surface area contributed by atoms with Gasteiger partial charge in [-0.25, -0.2) is 8.87 Å². The third kappa shape index (κ3) is 4.60. The van der Waals surface area contributed by atoms with Gasteiger partial charge in [-0.15, -0.1) is 0 Å². The fourth-order valence-electron chi connectivity index (χ4n) is 4.36. The van der Waals surface area contributed by atoms with Crippen LogP contribution in [0.5, 0.6) is 0 Å². The minimum atomic E-state index is -1.30. The number of anilines is 1. The number of rotatable bonds is 5. The molecule has 4 rings (SSSR count). The van der Waals surface area contributed by atoms with Crippen molar-refractivity contribution >= 4 is 11.8 Å². The summed E-state index contributed by atoms with van der Waals surface area (Å²) in [5.41, 5.74) is 9.15. The van der Waals surface area contributed by atoms with E-state index in [2.05, 4.69) is 5.32 Å². The van der Waals surface area contributed by atoms with Gasteiger partial charge in [-0.2, -0.15) is 4.79 Å². The predicted octanol–water partition coefficient (Wildman–Crippen LogP) is 4.41. The maximum Gasteiger partial charge on any atom is 0.517 e. The number of carbonyl (C=O) groups is 1. The molecule has 3 aromatic carbocycles. The highest BCUT2D eigenvalue weighted by molar-refractivity contribution is 5.61. The zero-order valence-electron chi connectivity index (χ0n) is 17.3. The second-order valence-electron chi connectivity index (χ2n) is 7.89. The molecular weight excluding hydrogens is 393 g/mol. The van der Waals surface area contributed by atoms with Gasteiger partial charge in [0.15, 0.2) is 6.04 Å². The van der Waals surface area contributed by atoms with Gasteiger partial charge in [0, 0.05) is 23.4 Å². The van der Waals surface area contributed by atoms with Gasteiger partial charge >= 0.3 is 6.09 Å². The standard InChI is InChI=1S/C25H27FN3O2/c26-23-17-29(15-14-28-23,25(30)31-18-19-8-7-13-22(27)16-19)24(20-9-3-1-4-10-20)21-11-5-2-6-12-21/h1-13,16,23-24,28H,14-15,17-18,27H2/q+1. The van der Waals surface area contributed by atoms with Gasteiger partial charge in [0.1, 0.15) is 19.7 Å². The molecule has 2 unspecified atom stereocenters. The van der Waals surface area contributed by atoms with Crippen molar-refractivity contribution in [3.8, 4) is 0 Å². The number of quaternary nitrogens is 1. The zero-order chi connectivity index (χ0) is 21.7. The number of piperazine rings is 1. The van der Waals surface area contributed by atoms with Crippen molar-refractivity contribution in [3.63, 3.8) is 0 Å². The van der Waals surface area contributed by atoms with Gasteiger partial charge < -0.3 is 10.5 Å². The van der Waals surface area contributed by atoms with E-state index in [-0.39, 0.29) is 23.7 Å². The number of halogens is 1. The third-order valence-electron chi connectivity index (χ3n) is 5.76. The average Bonchev–Trinajstić information content (AvgIpc) is 2.79. The van der Waals surface area contributed by atoms with E-state index in [4.69, 9.17) is 10.5 Å². The zero-order valence-corrected chi connectivity index (χ0v) is 17.3. The normalized spacial score (nSPS) is 21.0. The molecule has 1 saturated heterocycles. The fourth-order valence-corrected chi connectivity index (χ4v) is 4.36. The molecule has 31 heavy (non-hydrogen) atoms. The van der Waals surface area contributed by atoms with E-state index in [1.54, 1.807) is 12.1 Å². The van der Waals surface area contributed by atoms with Crippen LogP contribution >= 0.6 is 0 Å². The molecule has 160 valence electrons. The Bertz CT molecular complexity index is 976. The third-order valence-corrected chi connectivity index (χ3v) is 5.76. The molecule has 6 heteroatoms. The van der Waals surface area contributed by atoms with Crippen molar-refractivity contribution in [3.05, 3.63) is 102 Å². The number of nitrogens with one attached hydrogen (secondary N) is 1. The van der Waals surface area contributed by atoms with Crippen LogP contribution in [0.2, 0.25) is 0 Å². The molecule has 0 bridgehead atoms. The first kappa shape index (κ1) is 21.0. The van der Waals surface area contributed by atoms with Crippen LogP contribution in [0, 0.1) is 0 Å². The Morgan fingerprint density at radius 3 is 2.26 bits per heavy atom. The molecule has 1 fully saturated rings. The summed E-state index contributed by atoms with van der Waals surface area (Å²) >= 11 is 0. The van der Waals surface area contributed by atoms with E-state index in [1.807, 2.05) is 72.8 Å². The molecule has 1 aliphatic rings. The first-order valence-corrected chi connectivity index (χ1v) is 10.4. The van der Waals surface area contributed by atoms with Crippen LogP contribution in [0.1, 0.15) is 22.7 Å². The molecule has 1 amide bonds. The van der Waals surface area contributed by atoms with Gasteiger partial charge in [-0.1, -0.05) is 72.8 Å². The Morgan fingerprint density at radius 2 is 1.68 bits per heavy atom. The SMILES string of the molecule is Nc1cccc(COC(=O)[N+]2(C(c3ccccc3)c3ccccc3)CCNC(F)C2)c1. The summed E-state index contributed by atoms with van der Waals surface area (Å²) in [5, 5.41) is 2.82. The van der Waals surface area contributed by atoms with Gasteiger partial charge in [0.05, 0.1) is 0 Å². The molecule has 0 aromatic heterocycles. The molecule has 0 saturated carbocycles. The van der Waals surface area contributed by atoms with Gasteiger partial charge in [-0.05, 0) is 17.7 Å². The van der Waals surface area contributed by atoms with Gasteiger partial charge in [0.2, 0.25) is 6.30 Å². The van der Waals surface area contributed by atoms with E-state index in [0.717, 1.165) is 16.7 Å². The highest BCUT2D eigenvalue weighted by Gasteiger charge is 2.51. The number of nitrogen functional groups attached to an aromatic ring is 1. The van der Waals surface area contributed by atoms with Crippen molar-refractivity contribution in [2.75, 3.05) is 25.4 Å². The number of amides is 1. The van der Waals surface area contributed by atoms with Crippen molar-refractivity contribution in [1.82, 2.24) is 5.32 Å². The Hall–Kier alpha value is -3.22. The summed E-state index contributed by atoms with van der Waals surface area (Å²) < 4.78 is 20.3. The van der Waals surface area contributed by atoms with Crippen LogP contribution in [0.15, 0.2) is 84.9 Å². The summed E-state index contributed by atoms with van der Waals surface area (Å²) in [6.07, 6.45) is -1.74. The topological polar surface area (TPSA) is 64.3 Å². The van der Waals surface area contributed by atoms with Gasteiger partial charge in [-0.3, -0.25) is 5.32 Å². The van der Waals surface area contributed by atoms with E-state index in [0.29, 0.717) is 18.8 Å². The Balaban J connectivity index is 1.73. The minimum Gasteiger partial charge on any atom is -0.415 e. The lowest BCUT2D eigenvalue weighted by molar-refractivity contribution is -0.889. The molecule has 3 N–H and O–H groups in total. The Morgan fingerprint density at radius 1 is 1.03 bits per heavy atom. The number of ether oxygens (including phenoxy) is 1. The predicted molar refractivity (Wildman–Crippen MR) is 119 cm³/mol. The highest BCUT2D eigenvalue weighted by atomic mass is 19.1. The number of nitrogens with two attached hydrogens (primary N) is 1. The number of nitrogens with zero attached hydrogens (tertiary/aromatic N) is 1. The summed E-state index contributed by atoms with van der Waals surface area (Å²) in [7, 11) is 0. The number of hydrogen-bond acceptors (Lipinski definition) is 4. The largest absolute Gasteiger partial charge is 0.517 e. The second-order valence-corrected chi connectivity index (χ2v) is 7.89. The van der Waals surface area contributed by atoms with Crippen LogP contribution in [-0.2, 0) is 11.3 Å². The molecular formula is C25H27FN3O2+. The molecule has 1 aliphatic heterocycles. The summed E-state index contributed by atoms with van der Waals surface area (Å²) in [4.78, 5) is 13.6. The fraction of sp³-hybridized carbons (Fsp3) is 0.240. The summed E-state index contributed by atoms with van der Waals surface area (Å²) in [5.74, 6) is 0. The molecule has 3 aromatic rings. The van der Waals surface area contributed by atoms with Crippen LogP contribution in [0.25, 0.3) is 0 Å². The Labute approximate surface area is 181 Å². The molecule has 5 nitrogen and oxygen atoms in total. The summed E-state index contributed by atoms with van der Waals surface area (Å²) in [6.45, 7) is 0.879. The average molecular weight is 421 g/mol. The molecule has 2 atom stereocenters. The molecule has 0 radical (unpaired) electrons. The van der Waals surface area contributed by atoms with Crippen LogP contribution < -0.4 is 11.1 Å². The van der Waals surface area contributed by atoms with E-state index >= 15 is 0 Å². The lowest BCUT2D eigenvalue weighted by Crippen LogP contribution is -2.65. The lowest BCUT2D eigenvalue weighted by Gasteiger charge is -2.44. The van der Waals surface area contributed by atoms with Crippen molar-refractivity contribution in [1.29, 1.82) is 0 Å². The number of benzene rings is 3. The van der Waals surface area contributed by atoms with Crippen molar-refractivity contribution in [2.45, 2.75) is 18.9 Å². The first-order valence-electron chi connectivity index (χ1n) is 10.4. The first-order chi connectivity index (χ1) is 15.1. The molecule has 1 heterocycles. The second kappa shape index (κ2) is 9.29. The number of hydrogen-bond donors (Lipinski definition) is 2. The van der Waals surface area contributed by atoms with Crippen molar-refractivity contribution < 1.29 is 18.4 Å². The summed E-state index contributed by atoms with van der Waals surface area (Å²) in [6, 6.07) is 26.4.